The van der Waals surface area contributed by atoms with Crippen LogP contribution < -0.4 is 5.73 Å². The van der Waals surface area contributed by atoms with Crippen LogP contribution in [0.15, 0.2) is 42.1 Å². The van der Waals surface area contributed by atoms with Gasteiger partial charge in [0.15, 0.2) is 0 Å². The highest BCUT2D eigenvalue weighted by molar-refractivity contribution is 5.85. The van der Waals surface area contributed by atoms with Gasteiger partial charge >= 0.3 is 6.18 Å². The van der Waals surface area contributed by atoms with Gasteiger partial charge in [-0.3, -0.25) is 0 Å². The molecule has 1 aromatic carbocycles. The Hall–Kier alpha value is -2.94. The number of hydrogen-bond acceptors (Lipinski definition) is 4. The third-order valence-corrected chi connectivity index (χ3v) is 3.70. The number of nitrogens with zero attached hydrogens (tertiary/aromatic N) is 1. The first kappa shape index (κ1) is 20.4. The van der Waals surface area contributed by atoms with Crippen LogP contribution in [0.4, 0.5) is 22.0 Å². The predicted molar refractivity (Wildman–Crippen MR) is 89.2 cm³/mol. The van der Waals surface area contributed by atoms with E-state index in [1.807, 2.05) is 0 Å². The fourth-order valence-electron chi connectivity index (χ4n) is 2.45. The minimum Gasteiger partial charge on any atom is -0.507 e. The van der Waals surface area contributed by atoms with E-state index in [1.54, 1.807) is 0 Å². The Balaban J connectivity index is 2.69. The van der Waals surface area contributed by atoms with E-state index in [0.717, 1.165) is 18.2 Å². The van der Waals surface area contributed by atoms with E-state index < -0.39 is 47.0 Å². The van der Waals surface area contributed by atoms with Crippen LogP contribution in [0.25, 0.3) is 16.8 Å². The van der Waals surface area contributed by atoms with Crippen LogP contribution in [-0.2, 0) is 6.61 Å². The summed E-state index contributed by atoms with van der Waals surface area (Å²) < 4.78 is 66.9. The number of aromatic hydroxyl groups is 1. The number of nitrogens with two attached hydrogens (primary N) is 1. The summed E-state index contributed by atoms with van der Waals surface area (Å²) in [5, 5.41) is 19.2. The Morgan fingerprint density at radius 3 is 2.33 bits per heavy atom. The molecule has 0 atom stereocenters. The molecular formula is C18H15F5N2O2. The number of phenols is 1. The molecule has 144 valence electrons. The highest BCUT2D eigenvalue weighted by atomic mass is 19.4. The first-order valence-electron chi connectivity index (χ1n) is 7.49. The number of hydrogen-bond donors (Lipinski definition) is 3. The molecule has 0 radical (unpaired) electrons. The van der Waals surface area contributed by atoms with Crippen molar-refractivity contribution < 1.29 is 32.2 Å². The molecule has 4 N–H and O–H groups in total. The molecule has 9 heteroatoms. The van der Waals surface area contributed by atoms with Crippen molar-refractivity contribution >= 4 is 5.57 Å². The first-order valence-corrected chi connectivity index (χ1v) is 7.49. The van der Waals surface area contributed by atoms with Crippen LogP contribution in [0.3, 0.4) is 0 Å². The lowest BCUT2D eigenvalue weighted by Gasteiger charge is -2.17. The molecular weight excluding hydrogens is 371 g/mol. The number of allylic oxidation sites excluding steroid dienone is 3. The molecule has 4 nitrogen and oxygen atoms in total. The van der Waals surface area contributed by atoms with Gasteiger partial charge in [-0.25, -0.2) is 13.8 Å². The molecule has 0 fully saturated rings. The number of pyridine rings is 1. The van der Waals surface area contributed by atoms with Crippen molar-refractivity contribution in [2.75, 3.05) is 0 Å². The van der Waals surface area contributed by atoms with E-state index in [-0.39, 0.29) is 22.5 Å². The summed E-state index contributed by atoms with van der Waals surface area (Å²) in [5.41, 5.74) is 1.57. The highest BCUT2D eigenvalue weighted by Gasteiger charge is 2.35. The maximum atomic E-state index is 14.6. The van der Waals surface area contributed by atoms with E-state index in [9.17, 15) is 27.1 Å². The van der Waals surface area contributed by atoms with Crippen LogP contribution in [0, 0.1) is 11.6 Å². The molecule has 0 saturated heterocycles. The second kappa shape index (κ2) is 7.36. The number of benzene rings is 1. The molecule has 0 aliphatic carbocycles. The first-order chi connectivity index (χ1) is 12.5. The van der Waals surface area contributed by atoms with Crippen molar-refractivity contribution in [2.45, 2.75) is 19.7 Å². The maximum absolute atomic E-state index is 14.6. The zero-order valence-corrected chi connectivity index (χ0v) is 14.0. The van der Waals surface area contributed by atoms with Crippen LogP contribution in [-0.4, -0.2) is 21.4 Å². The molecule has 0 aliphatic rings. The third kappa shape index (κ3) is 4.08. The lowest BCUT2D eigenvalue weighted by atomic mass is 9.94. The quantitative estimate of drug-likeness (QED) is 0.548. The fourth-order valence-corrected chi connectivity index (χ4v) is 2.45. The molecule has 2 aromatic rings. The molecule has 1 heterocycles. The van der Waals surface area contributed by atoms with Crippen LogP contribution in [0.2, 0.25) is 0 Å². The fraction of sp³-hybridized carbons (Fsp3) is 0.167. The summed E-state index contributed by atoms with van der Waals surface area (Å²) in [5.74, 6) is -2.54. The van der Waals surface area contributed by atoms with Crippen molar-refractivity contribution in [3.05, 3.63) is 65.0 Å². The number of aliphatic hydroxyl groups excluding tert-OH is 1. The van der Waals surface area contributed by atoms with Crippen molar-refractivity contribution in [1.29, 1.82) is 0 Å². The summed E-state index contributed by atoms with van der Waals surface area (Å²) in [6.07, 6.45) is -4.91. The molecule has 1 aromatic heterocycles. The summed E-state index contributed by atoms with van der Waals surface area (Å²) in [7, 11) is 0. The van der Waals surface area contributed by atoms with Crippen LogP contribution in [0.5, 0.6) is 5.75 Å². The minimum atomic E-state index is -4.91. The lowest BCUT2D eigenvalue weighted by molar-refractivity contribution is -0.0920. The van der Waals surface area contributed by atoms with Gasteiger partial charge in [-0.1, -0.05) is 6.58 Å². The largest absolute Gasteiger partial charge is 0.507 e. The monoisotopic (exact) mass is 386 g/mol. The molecule has 0 bridgehead atoms. The van der Waals surface area contributed by atoms with E-state index >= 15 is 0 Å². The minimum absolute atomic E-state index is 0.121. The third-order valence-electron chi connectivity index (χ3n) is 3.70. The van der Waals surface area contributed by atoms with E-state index in [4.69, 9.17) is 10.8 Å². The molecule has 2 rings (SSSR count). The average Bonchev–Trinajstić information content (AvgIpc) is 2.57. The maximum Gasteiger partial charge on any atom is 0.431 e. The van der Waals surface area contributed by atoms with Crippen molar-refractivity contribution in [1.82, 2.24) is 4.98 Å². The molecule has 0 unspecified atom stereocenters. The number of aromatic nitrogens is 1. The molecule has 0 spiro atoms. The highest BCUT2D eigenvalue weighted by Crippen LogP contribution is 2.39. The van der Waals surface area contributed by atoms with Gasteiger partial charge in [-0.2, -0.15) is 13.2 Å². The van der Waals surface area contributed by atoms with Crippen molar-refractivity contribution in [3.8, 4) is 17.0 Å². The van der Waals surface area contributed by atoms with Crippen LogP contribution >= 0.6 is 0 Å². The second-order valence-electron chi connectivity index (χ2n) is 5.70. The van der Waals surface area contributed by atoms with Gasteiger partial charge in [-0.05, 0) is 36.8 Å². The van der Waals surface area contributed by atoms with Gasteiger partial charge in [0.2, 0.25) is 0 Å². The standard InChI is InChI=1S/C18H15F5N2O2/c1-8(2)16(17(24)18(21,22)23)10-5-12(20)9(6-15(10)27)13-4-3-11(19)14(7-26)25-13/h3-6,26-27H,1,7,24H2,2H3/b17-16+. The topological polar surface area (TPSA) is 79.4 Å². The van der Waals surface area contributed by atoms with Gasteiger partial charge < -0.3 is 15.9 Å². The second-order valence-corrected chi connectivity index (χ2v) is 5.70. The van der Waals surface area contributed by atoms with Gasteiger partial charge in [0.05, 0.1) is 12.3 Å². The number of rotatable bonds is 4. The molecule has 0 aliphatic heterocycles. The Kier molecular flexibility index (Phi) is 5.55. The predicted octanol–water partition coefficient (Wildman–Crippen LogP) is 4.03. The average molecular weight is 386 g/mol. The number of halogens is 5. The van der Waals surface area contributed by atoms with E-state index in [1.165, 1.54) is 6.92 Å². The SMILES string of the molecule is C=C(C)/C(=C(\N)C(F)(F)F)c1cc(F)c(-c2ccc(F)c(CO)n2)cc1O. The smallest absolute Gasteiger partial charge is 0.431 e. The molecule has 27 heavy (non-hydrogen) atoms. The summed E-state index contributed by atoms with van der Waals surface area (Å²) in [6, 6.07) is 3.56. The Bertz CT molecular complexity index is 936. The Morgan fingerprint density at radius 1 is 1.19 bits per heavy atom. The zero-order valence-electron chi connectivity index (χ0n) is 14.0. The Labute approximate surface area is 151 Å². The number of aliphatic hydroxyl groups is 1. The zero-order chi connectivity index (χ0) is 20.5. The van der Waals surface area contributed by atoms with Crippen LogP contribution in [0.1, 0.15) is 18.2 Å². The normalized spacial score (nSPS) is 12.7. The van der Waals surface area contributed by atoms with Gasteiger partial charge in [0.25, 0.3) is 0 Å². The van der Waals surface area contributed by atoms with Crippen molar-refractivity contribution in [2.24, 2.45) is 5.73 Å². The summed E-state index contributed by atoms with van der Waals surface area (Å²) in [4.78, 5) is 3.74. The summed E-state index contributed by atoms with van der Waals surface area (Å²) in [6.45, 7) is 3.89. The van der Waals surface area contributed by atoms with E-state index in [0.29, 0.717) is 6.07 Å². The molecule has 0 amide bonds. The van der Waals surface area contributed by atoms with E-state index in [2.05, 4.69) is 11.6 Å². The number of alkyl halides is 3. The lowest BCUT2D eigenvalue weighted by Crippen LogP contribution is -2.21. The summed E-state index contributed by atoms with van der Waals surface area (Å²) >= 11 is 0. The van der Waals surface area contributed by atoms with Gasteiger partial charge in [0.1, 0.15) is 28.8 Å². The van der Waals surface area contributed by atoms with Gasteiger partial charge in [-0.15, -0.1) is 0 Å². The molecule has 0 saturated carbocycles. The van der Waals surface area contributed by atoms with Gasteiger partial charge in [0, 0.05) is 16.7 Å². The van der Waals surface area contributed by atoms with Crippen molar-refractivity contribution in [3.63, 3.8) is 0 Å². The Morgan fingerprint density at radius 2 is 1.81 bits per heavy atom. The number of phenolic OH excluding ortho intramolecular Hbond substituents is 1.